The van der Waals surface area contributed by atoms with Crippen molar-refractivity contribution in [3.63, 3.8) is 0 Å². The monoisotopic (exact) mass is 166 g/mol. The summed E-state index contributed by atoms with van der Waals surface area (Å²) in [6.45, 7) is 0. The molecule has 0 bridgehead atoms. The van der Waals surface area contributed by atoms with Gasteiger partial charge in [-0.3, -0.25) is 4.18 Å². The highest BCUT2D eigenvalue weighted by atomic mass is 32.2. The van der Waals surface area contributed by atoms with Gasteiger partial charge in [-0.05, 0) is 12.8 Å². The average molecular weight is 166 g/mol. The molecule has 0 amide bonds. The standard InChI is InChI=1S/C4H10N2O3S/c5-3-1-4(2-3)9-10(6,7)8/h3-4H,1-2,5H2,(H2,6,7,8). The van der Waals surface area contributed by atoms with Crippen LogP contribution in [-0.4, -0.2) is 20.6 Å². The summed E-state index contributed by atoms with van der Waals surface area (Å²) in [6.07, 6.45) is 0.873. The van der Waals surface area contributed by atoms with Gasteiger partial charge >= 0.3 is 10.3 Å². The maximum Gasteiger partial charge on any atom is 0.333 e. The molecule has 0 heterocycles. The Kier molecular flexibility index (Phi) is 1.95. The summed E-state index contributed by atoms with van der Waals surface area (Å²) >= 11 is 0. The van der Waals surface area contributed by atoms with Crippen LogP contribution in [0.3, 0.4) is 0 Å². The molecule has 1 aliphatic rings. The van der Waals surface area contributed by atoms with Crippen LogP contribution in [0.5, 0.6) is 0 Å². The fourth-order valence-electron chi connectivity index (χ4n) is 0.875. The SMILES string of the molecule is NC1CC(OS(N)(=O)=O)C1. The maximum absolute atomic E-state index is 10.3. The molecule has 5 nitrogen and oxygen atoms in total. The Morgan fingerprint density at radius 3 is 2.20 bits per heavy atom. The molecule has 0 aromatic heterocycles. The first-order chi connectivity index (χ1) is 4.47. The van der Waals surface area contributed by atoms with Crippen LogP contribution >= 0.6 is 0 Å². The third kappa shape index (κ3) is 2.22. The van der Waals surface area contributed by atoms with Crippen molar-refractivity contribution in [3.8, 4) is 0 Å². The highest BCUT2D eigenvalue weighted by Gasteiger charge is 2.29. The first-order valence-electron chi connectivity index (χ1n) is 2.94. The van der Waals surface area contributed by atoms with Gasteiger partial charge in [0.2, 0.25) is 0 Å². The summed E-state index contributed by atoms with van der Waals surface area (Å²) in [5.41, 5.74) is 5.37. The summed E-state index contributed by atoms with van der Waals surface area (Å²) in [4.78, 5) is 0. The summed E-state index contributed by atoms with van der Waals surface area (Å²) in [6, 6.07) is 0.0757. The van der Waals surface area contributed by atoms with Crippen LogP contribution in [0.1, 0.15) is 12.8 Å². The van der Waals surface area contributed by atoms with Gasteiger partial charge in [0.15, 0.2) is 0 Å². The van der Waals surface area contributed by atoms with Crippen LogP contribution in [0, 0.1) is 0 Å². The second-order valence-electron chi connectivity index (χ2n) is 2.44. The van der Waals surface area contributed by atoms with Crippen molar-refractivity contribution in [2.24, 2.45) is 10.9 Å². The van der Waals surface area contributed by atoms with Gasteiger partial charge in [-0.15, -0.1) is 0 Å². The van der Waals surface area contributed by atoms with E-state index in [1.807, 2.05) is 0 Å². The van der Waals surface area contributed by atoms with E-state index in [-0.39, 0.29) is 12.1 Å². The Morgan fingerprint density at radius 1 is 1.40 bits per heavy atom. The van der Waals surface area contributed by atoms with E-state index in [4.69, 9.17) is 5.73 Å². The summed E-state index contributed by atoms with van der Waals surface area (Å²) in [5.74, 6) is 0. The van der Waals surface area contributed by atoms with E-state index < -0.39 is 10.3 Å². The molecule has 60 valence electrons. The van der Waals surface area contributed by atoms with E-state index >= 15 is 0 Å². The smallest absolute Gasteiger partial charge is 0.328 e. The van der Waals surface area contributed by atoms with E-state index in [1.165, 1.54) is 0 Å². The molecular weight excluding hydrogens is 156 g/mol. The molecule has 1 aliphatic carbocycles. The molecule has 0 spiro atoms. The molecule has 6 heteroatoms. The van der Waals surface area contributed by atoms with Gasteiger partial charge in [-0.25, -0.2) is 5.14 Å². The molecule has 1 saturated carbocycles. The van der Waals surface area contributed by atoms with Crippen LogP contribution in [0.2, 0.25) is 0 Å². The van der Waals surface area contributed by atoms with Crippen LogP contribution in [0.4, 0.5) is 0 Å². The summed E-state index contributed by atoms with van der Waals surface area (Å²) in [5, 5.41) is 4.60. The highest BCUT2D eigenvalue weighted by molar-refractivity contribution is 7.84. The van der Waals surface area contributed by atoms with Crippen molar-refractivity contribution in [2.45, 2.75) is 25.0 Å². The van der Waals surface area contributed by atoms with Crippen molar-refractivity contribution in [1.29, 1.82) is 0 Å². The summed E-state index contributed by atoms with van der Waals surface area (Å²) in [7, 11) is -3.76. The minimum Gasteiger partial charge on any atom is -0.328 e. The second-order valence-corrected chi connectivity index (χ2v) is 3.62. The quantitative estimate of drug-likeness (QED) is 0.532. The highest BCUT2D eigenvalue weighted by Crippen LogP contribution is 2.21. The largest absolute Gasteiger partial charge is 0.333 e. The Balaban J connectivity index is 2.30. The number of rotatable bonds is 2. The molecule has 0 aliphatic heterocycles. The minimum absolute atomic E-state index is 0.0757. The van der Waals surface area contributed by atoms with Crippen molar-refractivity contribution in [3.05, 3.63) is 0 Å². The van der Waals surface area contributed by atoms with Crippen LogP contribution in [-0.2, 0) is 14.5 Å². The predicted molar refractivity (Wildman–Crippen MR) is 35.2 cm³/mol. The van der Waals surface area contributed by atoms with Gasteiger partial charge in [0.1, 0.15) is 0 Å². The van der Waals surface area contributed by atoms with E-state index in [0.29, 0.717) is 12.8 Å². The molecule has 10 heavy (non-hydrogen) atoms. The molecule has 1 fully saturated rings. The van der Waals surface area contributed by atoms with Crippen LogP contribution < -0.4 is 10.9 Å². The number of hydrogen-bond acceptors (Lipinski definition) is 4. The Bertz CT molecular complexity index is 207. The van der Waals surface area contributed by atoms with Crippen LogP contribution in [0.15, 0.2) is 0 Å². The lowest BCUT2D eigenvalue weighted by atomic mass is 9.91. The van der Waals surface area contributed by atoms with Crippen molar-refractivity contribution in [2.75, 3.05) is 0 Å². The lowest BCUT2D eigenvalue weighted by molar-refractivity contribution is 0.108. The third-order valence-corrected chi connectivity index (χ3v) is 1.94. The second kappa shape index (κ2) is 2.46. The van der Waals surface area contributed by atoms with Gasteiger partial charge in [0, 0.05) is 6.04 Å². The molecule has 0 radical (unpaired) electrons. The molecule has 0 unspecified atom stereocenters. The zero-order valence-corrected chi connectivity index (χ0v) is 6.17. The van der Waals surface area contributed by atoms with E-state index in [0.717, 1.165) is 0 Å². The molecular formula is C4H10N2O3S. The molecule has 0 saturated heterocycles. The van der Waals surface area contributed by atoms with E-state index in [1.54, 1.807) is 0 Å². The van der Waals surface area contributed by atoms with Crippen molar-refractivity contribution < 1.29 is 12.6 Å². The van der Waals surface area contributed by atoms with Crippen LogP contribution in [0.25, 0.3) is 0 Å². The average Bonchev–Trinajstić information content (AvgIpc) is 1.57. The zero-order valence-electron chi connectivity index (χ0n) is 5.36. The van der Waals surface area contributed by atoms with Gasteiger partial charge in [-0.1, -0.05) is 0 Å². The number of hydrogen-bond donors (Lipinski definition) is 2. The third-order valence-electron chi connectivity index (χ3n) is 1.40. The van der Waals surface area contributed by atoms with Crippen molar-refractivity contribution >= 4 is 10.3 Å². The Labute approximate surface area is 59.6 Å². The van der Waals surface area contributed by atoms with Gasteiger partial charge in [0.25, 0.3) is 0 Å². The molecule has 0 aromatic carbocycles. The fourth-order valence-corrected chi connectivity index (χ4v) is 1.41. The first-order valence-corrected chi connectivity index (χ1v) is 4.41. The van der Waals surface area contributed by atoms with Gasteiger partial charge < -0.3 is 5.73 Å². The topological polar surface area (TPSA) is 95.4 Å². The van der Waals surface area contributed by atoms with Crippen molar-refractivity contribution in [1.82, 2.24) is 0 Å². The predicted octanol–water partition coefficient (Wildman–Crippen LogP) is -1.30. The fraction of sp³-hybridized carbons (Fsp3) is 1.00. The molecule has 0 aromatic rings. The molecule has 0 atom stereocenters. The lowest BCUT2D eigenvalue weighted by Crippen LogP contribution is -2.43. The molecule has 1 rings (SSSR count). The van der Waals surface area contributed by atoms with E-state index in [9.17, 15) is 8.42 Å². The zero-order chi connectivity index (χ0) is 7.78. The normalized spacial score (nSPS) is 33.4. The van der Waals surface area contributed by atoms with Gasteiger partial charge in [-0.2, -0.15) is 8.42 Å². The van der Waals surface area contributed by atoms with E-state index in [2.05, 4.69) is 9.32 Å². The van der Waals surface area contributed by atoms with Gasteiger partial charge in [0.05, 0.1) is 6.10 Å². The minimum atomic E-state index is -3.76. The Hall–Kier alpha value is -0.170. The first kappa shape index (κ1) is 7.93. The number of nitrogens with two attached hydrogens (primary N) is 2. The maximum atomic E-state index is 10.3. The Morgan fingerprint density at radius 2 is 1.90 bits per heavy atom. The lowest BCUT2D eigenvalue weighted by Gasteiger charge is -2.30. The summed E-state index contributed by atoms with van der Waals surface area (Å²) < 4.78 is 24.9. The molecule has 4 N–H and O–H groups in total.